The third-order valence-corrected chi connectivity index (χ3v) is 2.49. The Labute approximate surface area is 99.1 Å². The molecule has 0 aliphatic rings. The van der Waals surface area contributed by atoms with E-state index in [-0.39, 0.29) is 0 Å². The lowest BCUT2D eigenvalue weighted by atomic mass is 10.3. The lowest BCUT2D eigenvalue weighted by Gasteiger charge is -2.07. The molecule has 2 rings (SSSR count). The molecule has 0 aromatic carbocycles. The van der Waals surface area contributed by atoms with Gasteiger partial charge in [0.25, 0.3) is 0 Å². The van der Waals surface area contributed by atoms with Gasteiger partial charge in [0, 0.05) is 0 Å². The van der Waals surface area contributed by atoms with Crippen molar-refractivity contribution < 1.29 is 0 Å². The number of nitrogens with zero attached hydrogens (tertiary/aromatic N) is 2. The number of aromatic amines is 1. The van der Waals surface area contributed by atoms with E-state index in [0.29, 0.717) is 11.7 Å². The molecule has 0 radical (unpaired) electrons. The van der Waals surface area contributed by atoms with E-state index < -0.39 is 0 Å². The third kappa shape index (κ3) is 2.52. The summed E-state index contributed by atoms with van der Waals surface area (Å²) < 4.78 is 0. The van der Waals surface area contributed by atoms with Crippen molar-refractivity contribution in [1.82, 2.24) is 15.0 Å². The molecule has 16 heavy (non-hydrogen) atoms. The lowest BCUT2D eigenvalue weighted by Crippen LogP contribution is -2.02. The van der Waals surface area contributed by atoms with Crippen molar-refractivity contribution >= 4 is 17.3 Å². The predicted molar refractivity (Wildman–Crippen MR) is 64.6 cm³/mol. The van der Waals surface area contributed by atoms with Crippen LogP contribution in [0.3, 0.4) is 0 Å². The van der Waals surface area contributed by atoms with Gasteiger partial charge in [0.05, 0.1) is 29.8 Å². The molecule has 0 aliphatic carbocycles. The molecule has 5 heteroatoms. The zero-order valence-electron chi connectivity index (χ0n) is 9.21. The lowest BCUT2D eigenvalue weighted by molar-refractivity contribution is 1.04. The summed E-state index contributed by atoms with van der Waals surface area (Å²) in [7, 11) is 0. The second-order valence-electron chi connectivity index (χ2n) is 3.61. The normalized spacial score (nSPS) is 10.4. The SMILES string of the molecule is Cc1ncc(CNc2ccc(Cl)nc2C)[nH]1. The van der Waals surface area contributed by atoms with E-state index in [1.165, 1.54) is 0 Å². The van der Waals surface area contributed by atoms with Crippen LogP contribution in [0, 0.1) is 13.8 Å². The largest absolute Gasteiger partial charge is 0.378 e. The van der Waals surface area contributed by atoms with E-state index in [1.54, 1.807) is 6.07 Å². The first-order valence-electron chi connectivity index (χ1n) is 5.02. The Morgan fingerprint density at radius 3 is 2.81 bits per heavy atom. The molecular weight excluding hydrogens is 224 g/mol. The highest BCUT2D eigenvalue weighted by Crippen LogP contribution is 2.16. The van der Waals surface area contributed by atoms with E-state index in [4.69, 9.17) is 11.6 Å². The van der Waals surface area contributed by atoms with Crippen molar-refractivity contribution in [2.75, 3.05) is 5.32 Å². The number of rotatable bonds is 3. The van der Waals surface area contributed by atoms with Crippen LogP contribution in [0.1, 0.15) is 17.2 Å². The summed E-state index contributed by atoms with van der Waals surface area (Å²) in [5, 5.41) is 3.79. The molecule has 2 heterocycles. The number of aryl methyl sites for hydroxylation is 2. The minimum atomic E-state index is 0.514. The average Bonchev–Trinajstić information content (AvgIpc) is 2.63. The van der Waals surface area contributed by atoms with Gasteiger partial charge in [-0.2, -0.15) is 0 Å². The van der Waals surface area contributed by atoms with Gasteiger partial charge in [0.2, 0.25) is 0 Å². The van der Waals surface area contributed by atoms with Crippen LogP contribution >= 0.6 is 11.6 Å². The van der Waals surface area contributed by atoms with Gasteiger partial charge in [-0.05, 0) is 26.0 Å². The first-order chi connectivity index (χ1) is 7.65. The number of H-pyrrole nitrogens is 1. The molecule has 0 aliphatic heterocycles. The summed E-state index contributed by atoms with van der Waals surface area (Å²) in [5.41, 5.74) is 2.92. The number of hydrogen-bond donors (Lipinski definition) is 2. The van der Waals surface area contributed by atoms with Gasteiger partial charge in [0.1, 0.15) is 11.0 Å². The molecule has 0 amide bonds. The van der Waals surface area contributed by atoms with E-state index in [9.17, 15) is 0 Å². The molecule has 2 aromatic rings. The molecular formula is C11H13ClN4. The molecule has 84 valence electrons. The highest BCUT2D eigenvalue weighted by atomic mass is 35.5. The molecule has 0 spiro atoms. The van der Waals surface area contributed by atoms with Gasteiger partial charge in [-0.25, -0.2) is 9.97 Å². The van der Waals surface area contributed by atoms with E-state index >= 15 is 0 Å². The fraction of sp³-hybridized carbons (Fsp3) is 0.273. The second-order valence-corrected chi connectivity index (χ2v) is 4.00. The molecule has 0 bridgehead atoms. The number of nitrogens with one attached hydrogen (secondary N) is 2. The van der Waals surface area contributed by atoms with Gasteiger partial charge in [-0.1, -0.05) is 11.6 Å². The molecule has 0 fully saturated rings. The minimum absolute atomic E-state index is 0.514. The number of anilines is 1. The van der Waals surface area contributed by atoms with Crippen molar-refractivity contribution in [1.29, 1.82) is 0 Å². The summed E-state index contributed by atoms with van der Waals surface area (Å²) in [5.74, 6) is 0.919. The maximum absolute atomic E-state index is 5.78. The Balaban J connectivity index is 2.04. The van der Waals surface area contributed by atoms with Crippen molar-refractivity contribution in [2.45, 2.75) is 20.4 Å². The molecule has 2 N–H and O–H groups in total. The Morgan fingerprint density at radius 2 is 2.19 bits per heavy atom. The molecule has 4 nitrogen and oxygen atoms in total. The maximum atomic E-state index is 5.78. The molecule has 0 saturated heterocycles. The van der Waals surface area contributed by atoms with Gasteiger partial charge >= 0.3 is 0 Å². The van der Waals surface area contributed by atoms with Crippen molar-refractivity contribution in [3.05, 3.63) is 40.7 Å². The van der Waals surface area contributed by atoms with Crippen LogP contribution in [0.15, 0.2) is 18.3 Å². The van der Waals surface area contributed by atoms with Gasteiger partial charge in [0.15, 0.2) is 0 Å². The topological polar surface area (TPSA) is 53.6 Å². The Morgan fingerprint density at radius 1 is 1.38 bits per heavy atom. The van der Waals surface area contributed by atoms with Crippen LogP contribution in [-0.4, -0.2) is 15.0 Å². The minimum Gasteiger partial charge on any atom is -0.378 e. The molecule has 0 saturated carbocycles. The average molecular weight is 237 g/mol. The Hall–Kier alpha value is -1.55. The quantitative estimate of drug-likeness (QED) is 0.806. The van der Waals surface area contributed by atoms with E-state index in [2.05, 4.69) is 20.3 Å². The van der Waals surface area contributed by atoms with Crippen LogP contribution in [0.2, 0.25) is 5.15 Å². The van der Waals surface area contributed by atoms with E-state index in [0.717, 1.165) is 22.9 Å². The molecule has 0 atom stereocenters. The van der Waals surface area contributed by atoms with Gasteiger partial charge in [-0.15, -0.1) is 0 Å². The number of hydrogen-bond acceptors (Lipinski definition) is 3. The van der Waals surface area contributed by atoms with Gasteiger partial charge < -0.3 is 10.3 Å². The van der Waals surface area contributed by atoms with E-state index in [1.807, 2.05) is 26.1 Å². The zero-order valence-corrected chi connectivity index (χ0v) is 9.97. The summed E-state index contributed by atoms with van der Waals surface area (Å²) in [6.07, 6.45) is 1.82. The number of halogens is 1. The first kappa shape index (κ1) is 11.0. The smallest absolute Gasteiger partial charge is 0.129 e. The molecule has 0 unspecified atom stereocenters. The van der Waals surface area contributed by atoms with Crippen molar-refractivity contribution in [3.8, 4) is 0 Å². The van der Waals surface area contributed by atoms with Crippen LogP contribution < -0.4 is 5.32 Å². The van der Waals surface area contributed by atoms with Crippen LogP contribution in [0.4, 0.5) is 5.69 Å². The fourth-order valence-corrected chi connectivity index (χ4v) is 1.66. The van der Waals surface area contributed by atoms with Crippen molar-refractivity contribution in [3.63, 3.8) is 0 Å². The summed E-state index contributed by atoms with van der Waals surface area (Å²) >= 11 is 5.78. The third-order valence-electron chi connectivity index (χ3n) is 2.28. The summed E-state index contributed by atoms with van der Waals surface area (Å²) in [6, 6.07) is 3.70. The highest BCUT2D eigenvalue weighted by Gasteiger charge is 2.01. The number of aromatic nitrogens is 3. The predicted octanol–water partition coefficient (Wildman–Crippen LogP) is 2.69. The van der Waals surface area contributed by atoms with Crippen LogP contribution in [0.25, 0.3) is 0 Å². The van der Waals surface area contributed by atoms with Crippen LogP contribution in [-0.2, 0) is 6.54 Å². The van der Waals surface area contributed by atoms with Crippen LogP contribution in [0.5, 0.6) is 0 Å². The summed E-state index contributed by atoms with van der Waals surface area (Å²) in [6.45, 7) is 4.55. The Bertz CT molecular complexity index is 492. The zero-order chi connectivity index (χ0) is 11.5. The number of pyridine rings is 1. The highest BCUT2D eigenvalue weighted by molar-refractivity contribution is 6.29. The Kier molecular flexibility index (Phi) is 3.10. The first-order valence-corrected chi connectivity index (χ1v) is 5.40. The summed E-state index contributed by atoms with van der Waals surface area (Å²) in [4.78, 5) is 11.5. The standard InChI is InChI=1S/C11H13ClN4/c1-7-10(3-4-11(12)15-7)14-6-9-5-13-8(2)16-9/h3-5,14H,6H2,1-2H3,(H,13,16). The second kappa shape index (κ2) is 4.53. The maximum Gasteiger partial charge on any atom is 0.129 e. The molecule has 2 aromatic heterocycles. The monoisotopic (exact) mass is 236 g/mol. The fourth-order valence-electron chi connectivity index (χ4n) is 1.47. The van der Waals surface area contributed by atoms with Crippen molar-refractivity contribution in [2.24, 2.45) is 0 Å². The number of imidazole rings is 1. The van der Waals surface area contributed by atoms with Gasteiger partial charge in [-0.3, -0.25) is 0 Å².